The van der Waals surface area contributed by atoms with Crippen LogP contribution >= 0.6 is 15.9 Å². The van der Waals surface area contributed by atoms with Crippen LogP contribution in [0.2, 0.25) is 0 Å². The Kier molecular flexibility index (Phi) is 5.08. The largest absolute Gasteiger partial charge is 0.435 e. The molecule has 0 saturated carbocycles. The number of alkyl halides is 6. The monoisotopic (exact) mass is 466 g/mol. The van der Waals surface area contributed by atoms with E-state index in [2.05, 4.69) is 31.0 Å². The van der Waals surface area contributed by atoms with Gasteiger partial charge in [0, 0.05) is 24.7 Å². The highest BCUT2D eigenvalue weighted by atomic mass is 79.9. The Hall–Kier alpha value is -2.63. The molecule has 28 heavy (non-hydrogen) atoms. The van der Waals surface area contributed by atoms with Gasteiger partial charge in [0.05, 0.1) is 5.56 Å². The molecule has 1 aromatic carbocycles. The molecule has 2 heterocycles. The lowest BCUT2D eigenvalue weighted by Crippen LogP contribution is -2.06. The van der Waals surface area contributed by atoms with Crippen molar-refractivity contribution in [1.29, 1.82) is 0 Å². The summed E-state index contributed by atoms with van der Waals surface area (Å²) < 4.78 is 82.7. The van der Waals surface area contributed by atoms with Crippen molar-refractivity contribution in [3.63, 3.8) is 0 Å². The molecule has 148 valence electrons. The number of aryl methyl sites for hydroxylation is 1. The molecule has 3 rings (SSSR count). The Labute approximate surface area is 162 Å². The van der Waals surface area contributed by atoms with E-state index in [1.54, 1.807) is 0 Å². The summed E-state index contributed by atoms with van der Waals surface area (Å²) in [4.78, 5) is 8.08. The normalized spacial score (nSPS) is 12.3. The van der Waals surface area contributed by atoms with E-state index in [-0.39, 0.29) is 27.8 Å². The van der Waals surface area contributed by atoms with Crippen LogP contribution in [0.1, 0.15) is 11.3 Å². The molecule has 0 spiro atoms. The summed E-state index contributed by atoms with van der Waals surface area (Å²) in [7, 11) is 1.26. The van der Waals surface area contributed by atoms with Crippen molar-refractivity contribution in [3.05, 3.63) is 52.3 Å². The Morgan fingerprint density at radius 3 is 2.11 bits per heavy atom. The molecule has 3 aromatic rings. The quantitative estimate of drug-likeness (QED) is 0.379. The zero-order valence-corrected chi connectivity index (χ0v) is 15.4. The second-order valence-corrected chi connectivity index (χ2v) is 6.33. The molecule has 0 amide bonds. The van der Waals surface area contributed by atoms with Gasteiger partial charge in [0.25, 0.3) is 0 Å². The maximum absolute atomic E-state index is 12.7. The molecule has 0 bridgehead atoms. The van der Waals surface area contributed by atoms with Crippen molar-refractivity contribution in [2.75, 3.05) is 0 Å². The van der Waals surface area contributed by atoms with Gasteiger partial charge in [-0.25, -0.2) is 9.67 Å². The number of rotatable bonds is 3. The summed E-state index contributed by atoms with van der Waals surface area (Å²) in [6, 6.07) is 6.11. The lowest BCUT2D eigenvalue weighted by atomic mass is 10.1. The highest BCUT2D eigenvalue weighted by Crippen LogP contribution is 2.33. The Bertz CT molecular complexity index is 998. The molecule has 0 aliphatic rings. The molecule has 0 radical (unpaired) electrons. The van der Waals surface area contributed by atoms with Crippen LogP contribution < -0.4 is 4.74 Å². The highest BCUT2D eigenvalue weighted by molar-refractivity contribution is 9.10. The second-order valence-electron chi connectivity index (χ2n) is 5.52. The number of benzene rings is 1. The van der Waals surface area contributed by atoms with E-state index in [1.807, 2.05) is 0 Å². The molecule has 0 saturated heterocycles. The maximum Gasteiger partial charge on any atom is 0.435 e. The summed E-state index contributed by atoms with van der Waals surface area (Å²) in [6.07, 6.45) is -9.13. The fourth-order valence-electron chi connectivity index (χ4n) is 2.18. The molecule has 0 N–H and O–H groups in total. The summed E-state index contributed by atoms with van der Waals surface area (Å²) in [5.74, 6) is -0.318. The first kappa shape index (κ1) is 20.1. The van der Waals surface area contributed by atoms with Gasteiger partial charge < -0.3 is 4.74 Å². The fourth-order valence-corrected chi connectivity index (χ4v) is 2.54. The van der Waals surface area contributed by atoms with E-state index in [0.717, 1.165) is 16.8 Å². The van der Waals surface area contributed by atoms with Gasteiger partial charge in [-0.1, -0.05) is 12.1 Å². The SMILES string of the molecule is Cn1nc(C(F)(F)F)cc1Oc1cc(Br)nc(-c2ccc(C(F)(F)F)cc2)n1. The van der Waals surface area contributed by atoms with Gasteiger partial charge in [-0.2, -0.15) is 36.4 Å². The molecule has 0 unspecified atom stereocenters. The molecular formula is C16H9BrF6N4O. The maximum atomic E-state index is 12.7. The fraction of sp³-hybridized carbons (Fsp3) is 0.188. The lowest BCUT2D eigenvalue weighted by molar-refractivity contribution is -0.141. The first-order valence-corrected chi connectivity index (χ1v) is 8.24. The predicted octanol–water partition coefficient (Wildman–Crippen LogP) is 5.47. The molecule has 2 aromatic heterocycles. The third-order valence-electron chi connectivity index (χ3n) is 3.48. The van der Waals surface area contributed by atoms with Crippen molar-refractivity contribution in [1.82, 2.24) is 19.7 Å². The van der Waals surface area contributed by atoms with Crippen LogP contribution in [-0.2, 0) is 19.4 Å². The van der Waals surface area contributed by atoms with E-state index in [4.69, 9.17) is 4.74 Å². The Morgan fingerprint density at radius 2 is 1.57 bits per heavy atom. The van der Waals surface area contributed by atoms with Crippen LogP contribution in [0.15, 0.2) is 41.0 Å². The summed E-state index contributed by atoms with van der Waals surface area (Å²) >= 11 is 3.11. The Balaban J connectivity index is 1.91. The third-order valence-corrected chi connectivity index (χ3v) is 3.88. The van der Waals surface area contributed by atoms with Crippen LogP contribution in [0.5, 0.6) is 11.8 Å². The highest BCUT2D eigenvalue weighted by Gasteiger charge is 2.35. The van der Waals surface area contributed by atoms with Crippen LogP contribution in [0.25, 0.3) is 11.4 Å². The number of halogens is 7. The smallest absolute Gasteiger partial charge is 0.421 e. The zero-order chi connectivity index (χ0) is 20.7. The molecular weight excluding hydrogens is 458 g/mol. The van der Waals surface area contributed by atoms with E-state index < -0.39 is 23.6 Å². The van der Waals surface area contributed by atoms with Crippen molar-refractivity contribution in [2.45, 2.75) is 12.4 Å². The number of hydrogen-bond acceptors (Lipinski definition) is 4. The third kappa shape index (κ3) is 4.43. The average molecular weight is 467 g/mol. The van der Waals surface area contributed by atoms with Gasteiger partial charge in [-0.15, -0.1) is 0 Å². The molecule has 0 fully saturated rings. The van der Waals surface area contributed by atoms with E-state index >= 15 is 0 Å². The predicted molar refractivity (Wildman–Crippen MR) is 88.5 cm³/mol. The minimum absolute atomic E-state index is 0.0244. The first-order chi connectivity index (χ1) is 12.9. The van der Waals surface area contributed by atoms with Gasteiger partial charge in [0.15, 0.2) is 11.5 Å². The summed E-state index contributed by atoms with van der Waals surface area (Å²) in [5.41, 5.74) is -1.71. The topological polar surface area (TPSA) is 52.8 Å². The van der Waals surface area contributed by atoms with E-state index in [1.165, 1.54) is 25.2 Å². The molecule has 0 aliphatic heterocycles. The number of aromatic nitrogens is 4. The molecule has 0 atom stereocenters. The van der Waals surface area contributed by atoms with Crippen molar-refractivity contribution >= 4 is 15.9 Å². The van der Waals surface area contributed by atoms with Crippen LogP contribution in [0.4, 0.5) is 26.3 Å². The van der Waals surface area contributed by atoms with Crippen molar-refractivity contribution in [2.24, 2.45) is 7.05 Å². The van der Waals surface area contributed by atoms with Crippen molar-refractivity contribution in [3.8, 4) is 23.1 Å². The van der Waals surface area contributed by atoms with E-state index in [0.29, 0.717) is 6.07 Å². The van der Waals surface area contributed by atoms with Crippen molar-refractivity contribution < 1.29 is 31.1 Å². The van der Waals surface area contributed by atoms with Crippen LogP contribution in [0.3, 0.4) is 0 Å². The van der Waals surface area contributed by atoms with Crippen LogP contribution in [-0.4, -0.2) is 19.7 Å². The number of ether oxygens (including phenoxy) is 1. The average Bonchev–Trinajstić information content (AvgIpc) is 2.95. The van der Waals surface area contributed by atoms with Gasteiger partial charge in [0.2, 0.25) is 11.8 Å². The second kappa shape index (κ2) is 7.08. The standard InChI is InChI=1S/C16H9BrF6N4O/c1-27-13(6-10(26-27)16(21,22)23)28-12-7-11(17)24-14(25-12)8-2-4-9(5-3-8)15(18,19)20/h2-7H,1H3. The van der Waals surface area contributed by atoms with Gasteiger partial charge in [-0.3, -0.25) is 0 Å². The van der Waals surface area contributed by atoms with Crippen LogP contribution in [0, 0.1) is 0 Å². The molecule has 0 aliphatic carbocycles. The minimum atomic E-state index is -4.64. The Morgan fingerprint density at radius 1 is 0.929 bits per heavy atom. The summed E-state index contributed by atoms with van der Waals surface area (Å²) in [6.45, 7) is 0. The minimum Gasteiger partial charge on any atom is -0.421 e. The van der Waals surface area contributed by atoms with Gasteiger partial charge >= 0.3 is 12.4 Å². The summed E-state index contributed by atoms with van der Waals surface area (Å²) in [5, 5.41) is 3.32. The first-order valence-electron chi connectivity index (χ1n) is 7.45. The zero-order valence-electron chi connectivity index (χ0n) is 13.8. The lowest BCUT2D eigenvalue weighted by Gasteiger charge is -2.09. The molecule has 5 nitrogen and oxygen atoms in total. The van der Waals surface area contributed by atoms with E-state index in [9.17, 15) is 26.3 Å². The van der Waals surface area contributed by atoms with Gasteiger partial charge in [0.1, 0.15) is 4.60 Å². The van der Waals surface area contributed by atoms with Gasteiger partial charge in [-0.05, 0) is 28.1 Å². The number of hydrogen-bond donors (Lipinski definition) is 0. The number of nitrogens with zero attached hydrogens (tertiary/aromatic N) is 4. The molecule has 12 heteroatoms.